The second-order valence-electron chi connectivity index (χ2n) is 5.09. The summed E-state index contributed by atoms with van der Waals surface area (Å²) in [6, 6.07) is -0.214. The fourth-order valence-corrected chi connectivity index (χ4v) is 2.62. The summed E-state index contributed by atoms with van der Waals surface area (Å²) in [6.45, 7) is 1.81. The molecule has 0 bridgehead atoms. The van der Waals surface area contributed by atoms with Crippen molar-refractivity contribution in [3.8, 4) is 0 Å². The number of hydrogen-bond acceptors (Lipinski definition) is 4. The number of likely N-dealkylation sites (N-methyl/N-ethyl adjacent to an activating group) is 2. The van der Waals surface area contributed by atoms with Crippen LogP contribution < -0.4 is 5.32 Å². The molecule has 1 rings (SSSR count). The maximum atomic E-state index is 11.5. The number of carbonyl (C=O) groups is 1. The van der Waals surface area contributed by atoms with E-state index in [-0.39, 0.29) is 12.0 Å². The van der Waals surface area contributed by atoms with Crippen molar-refractivity contribution in [2.45, 2.75) is 38.1 Å². The molecule has 0 aromatic rings. The molecule has 4 heteroatoms. The number of nitrogens with zero attached hydrogens (tertiary/aromatic N) is 1. The quantitative estimate of drug-likeness (QED) is 0.712. The van der Waals surface area contributed by atoms with Crippen molar-refractivity contribution in [1.29, 1.82) is 0 Å². The molecule has 0 amide bonds. The maximum absolute atomic E-state index is 11.5. The maximum Gasteiger partial charge on any atom is 0.324 e. The zero-order chi connectivity index (χ0) is 12.7. The average molecular weight is 242 g/mol. The van der Waals surface area contributed by atoms with Gasteiger partial charge >= 0.3 is 5.97 Å². The minimum Gasteiger partial charge on any atom is -0.468 e. The highest BCUT2D eigenvalue weighted by atomic mass is 16.5. The molecule has 100 valence electrons. The third-order valence-corrected chi connectivity index (χ3v) is 3.62. The number of carbonyl (C=O) groups excluding carboxylic acids is 1. The van der Waals surface area contributed by atoms with Gasteiger partial charge in [-0.2, -0.15) is 0 Å². The van der Waals surface area contributed by atoms with Gasteiger partial charge in [0.25, 0.3) is 0 Å². The lowest BCUT2D eigenvalue weighted by Crippen LogP contribution is -2.45. The molecule has 0 aliphatic heterocycles. The van der Waals surface area contributed by atoms with Crippen molar-refractivity contribution in [1.82, 2.24) is 10.2 Å². The van der Waals surface area contributed by atoms with Crippen LogP contribution in [0.1, 0.15) is 32.1 Å². The fraction of sp³-hybridized carbons (Fsp3) is 0.923. The summed E-state index contributed by atoms with van der Waals surface area (Å²) < 4.78 is 4.77. The Labute approximate surface area is 105 Å². The molecule has 0 heterocycles. The van der Waals surface area contributed by atoms with Crippen LogP contribution in [0, 0.1) is 5.92 Å². The third-order valence-electron chi connectivity index (χ3n) is 3.62. The normalized spacial score (nSPS) is 19.3. The van der Waals surface area contributed by atoms with Crippen LogP contribution in [0.4, 0.5) is 0 Å². The van der Waals surface area contributed by atoms with Crippen LogP contribution in [0.15, 0.2) is 0 Å². The van der Waals surface area contributed by atoms with Gasteiger partial charge in [-0.05, 0) is 32.9 Å². The van der Waals surface area contributed by atoms with Gasteiger partial charge in [0.15, 0.2) is 0 Å². The summed E-state index contributed by atoms with van der Waals surface area (Å²) in [4.78, 5) is 13.7. The van der Waals surface area contributed by atoms with E-state index in [1.54, 1.807) is 7.05 Å². The van der Waals surface area contributed by atoms with Crippen LogP contribution in [-0.4, -0.2) is 51.2 Å². The number of hydrogen-bond donors (Lipinski definition) is 1. The summed E-state index contributed by atoms with van der Waals surface area (Å²) in [5.41, 5.74) is 0. The Bertz CT molecular complexity index is 227. The van der Waals surface area contributed by atoms with E-state index in [4.69, 9.17) is 4.74 Å². The number of esters is 1. The van der Waals surface area contributed by atoms with Crippen molar-refractivity contribution in [3.05, 3.63) is 0 Å². The highest BCUT2D eigenvalue weighted by molar-refractivity contribution is 5.75. The van der Waals surface area contributed by atoms with Gasteiger partial charge in [-0.15, -0.1) is 0 Å². The zero-order valence-corrected chi connectivity index (χ0v) is 11.4. The molecule has 0 aromatic heterocycles. The SMILES string of the molecule is CNC(CN(C)CC1CCCCC1)C(=O)OC. The van der Waals surface area contributed by atoms with E-state index in [1.165, 1.54) is 39.2 Å². The molecule has 1 N–H and O–H groups in total. The Balaban J connectivity index is 2.30. The van der Waals surface area contributed by atoms with Gasteiger partial charge in [0.05, 0.1) is 7.11 Å². The van der Waals surface area contributed by atoms with Gasteiger partial charge in [0, 0.05) is 13.1 Å². The number of rotatable bonds is 6. The molecule has 0 radical (unpaired) electrons. The van der Waals surface area contributed by atoms with Gasteiger partial charge in [-0.25, -0.2) is 0 Å². The molecule has 1 fully saturated rings. The lowest BCUT2D eigenvalue weighted by atomic mass is 9.89. The van der Waals surface area contributed by atoms with E-state index in [9.17, 15) is 4.79 Å². The van der Waals surface area contributed by atoms with Crippen LogP contribution in [0.5, 0.6) is 0 Å². The second-order valence-corrected chi connectivity index (χ2v) is 5.09. The standard InChI is InChI=1S/C13H26N2O2/c1-14-12(13(16)17-3)10-15(2)9-11-7-5-4-6-8-11/h11-12,14H,4-10H2,1-3H3. The fourth-order valence-electron chi connectivity index (χ4n) is 2.62. The number of ether oxygens (including phenoxy) is 1. The average Bonchev–Trinajstić information content (AvgIpc) is 2.36. The van der Waals surface area contributed by atoms with E-state index in [2.05, 4.69) is 17.3 Å². The molecule has 0 saturated heterocycles. The molecule has 17 heavy (non-hydrogen) atoms. The number of methoxy groups -OCH3 is 1. The predicted octanol–water partition coefficient (Wildman–Crippen LogP) is 1.26. The molecule has 0 spiro atoms. The van der Waals surface area contributed by atoms with Gasteiger partial charge in [0.2, 0.25) is 0 Å². The molecule has 4 nitrogen and oxygen atoms in total. The third kappa shape index (κ3) is 5.04. The summed E-state index contributed by atoms with van der Waals surface area (Å²) in [5, 5.41) is 3.00. The van der Waals surface area contributed by atoms with Gasteiger partial charge in [0.1, 0.15) is 6.04 Å². The van der Waals surface area contributed by atoms with Crippen molar-refractivity contribution < 1.29 is 9.53 Å². The van der Waals surface area contributed by atoms with E-state index in [1.807, 2.05) is 0 Å². The van der Waals surface area contributed by atoms with Gasteiger partial charge in [-0.3, -0.25) is 4.79 Å². The molecule has 0 aromatic carbocycles. The van der Waals surface area contributed by atoms with Crippen LogP contribution in [-0.2, 0) is 9.53 Å². The van der Waals surface area contributed by atoms with E-state index in [0.29, 0.717) is 0 Å². The highest BCUT2D eigenvalue weighted by Crippen LogP contribution is 2.24. The monoisotopic (exact) mass is 242 g/mol. The van der Waals surface area contributed by atoms with E-state index < -0.39 is 0 Å². The predicted molar refractivity (Wildman–Crippen MR) is 68.9 cm³/mol. The number of nitrogens with one attached hydrogen (secondary N) is 1. The van der Waals surface area contributed by atoms with Crippen LogP contribution >= 0.6 is 0 Å². The first-order valence-corrected chi connectivity index (χ1v) is 6.61. The largest absolute Gasteiger partial charge is 0.468 e. The lowest BCUT2D eigenvalue weighted by Gasteiger charge is -2.28. The van der Waals surface area contributed by atoms with Gasteiger partial charge < -0.3 is 15.0 Å². The smallest absolute Gasteiger partial charge is 0.324 e. The van der Waals surface area contributed by atoms with Crippen LogP contribution in [0.2, 0.25) is 0 Å². The molecule has 1 atom stereocenters. The summed E-state index contributed by atoms with van der Waals surface area (Å²) in [5.74, 6) is 0.631. The first-order valence-electron chi connectivity index (χ1n) is 6.61. The van der Waals surface area contributed by atoms with Crippen molar-refractivity contribution in [2.75, 3.05) is 34.3 Å². The van der Waals surface area contributed by atoms with Crippen molar-refractivity contribution >= 4 is 5.97 Å². The van der Waals surface area contributed by atoms with E-state index in [0.717, 1.165) is 19.0 Å². The van der Waals surface area contributed by atoms with Crippen LogP contribution in [0.25, 0.3) is 0 Å². The first kappa shape index (κ1) is 14.5. The van der Waals surface area contributed by atoms with Crippen molar-refractivity contribution in [2.24, 2.45) is 5.92 Å². The first-order chi connectivity index (χ1) is 8.17. The molecule has 1 aliphatic carbocycles. The molecular formula is C13H26N2O2. The molecular weight excluding hydrogens is 216 g/mol. The van der Waals surface area contributed by atoms with Gasteiger partial charge in [-0.1, -0.05) is 19.3 Å². The Morgan fingerprint density at radius 1 is 1.41 bits per heavy atom. The molecule has 1 unspecified atom stereocenters. The summed E-state index contributed by atoms with van der Waals surface area (Å²) in [7, 11) is 5.33. The Kier molecular flexibility index (Phi) is 6.52. The Hall–Kier alpha value is -0.610. The van der Waals surface area contributed by atoms with Crippen molar-refractivity contribution in [3.63, 3.8) is 0 Å². The highest BCUT2D eigenvalue weighted by Gasteiger charge is 2.21. The molecule has 1 aliphatic rings. The Morgan fingerprint density at radius 3 is 2.59 bits per heavy atom. The molecule has 1 saturated carbocycles. The summed E-state index contributed by atoms with van der Waals surface area (Å²) >= 11 is 0. The van der Waals surface area contributed by atoms with Crippen LogP contribution in [0.3, 0.4) is 0 Å². The lowest BCUT2D eigenvalue weighted by molar-refractivity contribution is -0.143. The topological polar surface area (TPSA) is 41.6 Å². The second kappa shape index (κ2) is 7.67. The minimum absolute atomic E-state index is 0.178. The zero-order valence-electron chi connectivity index (χ0n) is 11.4. The minimum atomic E-state index is -0.214. The Morgan fingerprint density at radius 2 is 2.06 bits per heavy atom. The van der Waals surface area contributed by atoms with E-state index >= 15 is 0 Å². The summed E-state index contributed by atoms with van der Waals surface area (Å²) in [6.07, 6.45) is 6.80.